The van der Waals surface area contributed by atoms with Gasteiger partial charge in [-0.15, -0.1) is 0 Å². The van der Waals surface area contributed by atoms with Gasteiger partial charge in [0, 0.05) is 21.6 Å². The second-order valence-electron chi connectivity index (χ2n) is 7.62. The third-order valence-electron chi connectivity index (χ3n) is 5.26. The standard InChI is InChI=1S/C21H20IN3O4S/c1-15-3-9-18(10-4-15)30(28,29)24-12-19(21(2,13-24)14-25(26)27)20(22)17-7-5-16(11-23)6-8-17/h3-10H,12-14H2,1-2H3/b20-19+/t21-/m1/s1. The summed E-state index contributed by atoms with van der Waals surface area (Å²) in [5, 5.41) is 20.4. The zero-order chi connectivity index (χ0) is 22.1. The van der Waals surface area contributed by atoms with Crippen molar-refractivity contribution < 1.29 is 13.3 Å². The third-order valence-corrected chi connectivity index (χ3v) is 8.34. The molecule has 0 bridgehead atoms. The Morgan fingerprint density at radius 3 is 2.37 bits per heavy atom. The van der Waals surface area contributed by atoms with Gasteiger partial charge in [-0.25, -0.2) is 8.42 Å². The van der Waals surface area contributed by atoms with Gasteiger partial charge >= 0.3 is 0 Å². The highest BCUT2D eigenvalue weighted by Gasteiger charge is 2.48. The molecule has 0 spiro atoms. The fourth-order valence-electron chi connectivity index (χ4n) is 3.57. The number of halogens is 1. The summed E-state index contributed by atoms with van der Waals surface area (Å²) in [7, 11) is -3.79. The lowest BCUT2D eigenvalue weighted by Crippen LogP contribution is -2.34. The Bertz CT molecular complexity index is 1150. The molecule has 1 saturated heterocycles. The first kappa shape index (κ1) is 22.4. The summed E-state index contributed by atoms with van der Waals surface area (Å²) in [6.45, 7) is 3.35. The minimum Gasteiger partial charge on any atom is -0.265 e. The Kier molecular flexibility index (Phi) is 6.31. The molecule has 2 aromatic rings. The predicted molar refractivity (Wildman–Crippen MR) is 122 cm³/mol. The van der Waals surface area contributed by atoms with Crippen molar-refractivity contribution in [2.24, 2.45) is 5.41 Å². The lowest BCUT2D eigenvalue weighted by Gasteiger charge is -2.22. The van der Waals surface area contributed by atoms with E-state index in [9.17, 15) is 18.5 Å². The van der Waals surface area contributed by atoms with E-state index in [-0.39, 0.29) is 24.5 Å². The molecular formula is C21H20IN3O4S. The average molecular weight is 537 g/mol. The van der Waals surface area contributed by atoms with Gasteiger partial charge in [-0.2, -0.15) is 9.57 Å². The molecule has 0 radical (unpaired) electrons. The van der Waals surface area contributed by atoms with Crippen molar-refractivity contribution in [3.05, 3.63) is 80.9 Å². The maximum Gasteiger partial charge on any atom is 0.243 e. The largest absolute Gasteiger partial charge is 0.265 e. The number of sulfonamides is 1. The molecule has 0 N–H and O–H groups in total. The van der Waals surface area contributed by atoms with Crippen LogP contribution in [0.3, 0.4) is 0 Å². The van der Waals surface area contributed by atoms with E-state index in [0.717, 1.165) is 14.7 Å². The summed E-state index contributed by atoms with van der Waals surface area (Å²) >= 11 is 2.12. The molecule has 0 saturated carbocycles. The van der Waals surface area contributed by atoms with E-state index in [1.54, 1.807) is 55.5 Å². The van der Waals surface area contributed by atoms with Crippen LogP contribution in [0.5, 0.6) is 0 Å². The van der Waals surface area contributed by atoms with E-state index in [2.05, 4.69) is 28.7 Å². The lowest BCUT2D eigenvalue weighted by molar-refractivity contribution is -0.493. The number of nitro groups is 1. The van der Waals surface area contributed by atoms with Crippen LogP contribution < -0.4 is 0 Å². The van der Waals surface area contributed by atoms with Crippen LogP contribution in [0.4, 0.5) is 0 Å². The van der Waals surface area contributed by atoms with Crippen molar-refractivity contribution in [2.75, 3.05) is 19.6 Å². The molecule has 9 heteroatoms. The van der Waals surface area contributed by atoms with Crippen molar-refractivity contribution in [1.82, 2.24) is 4.31 Å². The van der Waals surface area contributed by atoms with Gasteiger partial charge in [-0.1, -0.05) is 29.8 Å². The van der Waals surface area contributed by atoms with Crippen molar-refractivity contribution in [3.8, 4) is 6.07 Å². The SMILES string of the molecule is Cc1ccc(S(=O)(=O)N2C/C(=C(\I)c3ccc(C#N)cc3)[C@@](C)(C[N+](=O)[O-])C2)cc1. The number of hydrogen-bond acceptors (Lipinski definition) is 5. The van der Waals surface area contributed by atoms with Crippen molar-refractivity contribution in [2.45, 2.75) is 18.7 Å². The number of rotatable bonds is 5. The molecule has 3 rings (SSSR count). The highest BCUT2D eigenvalue weighted by atomic mass is 127. The number of nitrogens with zero attached hydrogens (tertiary/aromatic N) is 3. The van der Waals surface area contributed by atoms with Gasteiger partial charge in [0.15, 0.2) is 0 Å². The van der Waals surface area contributed by atoms with Crippen molar-refractivity contribution >= 4 is 36.2 Å². The molecule has 156 valence electrons. The van der Waals surface area contributed by atoms with E-state index in [1.807, 2.05) is 6.92 Å². The van der Waals surface area contributed by atoms with Crippen LogP contribution in [0.1, 0.15) is 23.6 Å². The molecule has 0 unspecified atom stereocenters. The van der Waals surface area contributed by atoms with E-state index in [4.69, 9.17) is 5.26 Å². The minimum atomic E-state index is -3.79. The molecule has 7 nitrogen and oxygen atoms in total. The van der Waals surface area contributed by atoms with Crippen LogP contribution in [0.2, 0.25) is 0 Å². The third kappa shape index (κ3) is 4.40. The van der Waals surface area contributed by atoms with Crippen LogP contribution in [0.15, 0.2) is 59.0 Å². The van der Waals surface area contributed by atoms with Crippen molar-refractivity contribution in [3.63, 3.8) is 0 Å². The highest BCUT2D eigenvalue weighted by molar-refractivity contribution is 14.1. The van der Waals surface area contributed by atoms with Gasteiger partial charge in [0.2, 0.25) is 16.6 Å². The summed E-state index contributed by atoms with van der Waals surface area (Å²) < 4.78 is 28.5. The summed E-state index contributed by atoms with van der Waals surface area (Å²) in [6.07, 6.45) is 0. The first-order chi connectivity index (χ1) is 14.1. The van der Waals surface area contributed by atoms with E-state index in [1.165, 1.54) is 4.31 Å². The normalized spacial score (nSPS) is 21.3. The zero-order valence-corrected chi connectivity index (χ0v) is 19.5. The summed E-state index contributed by atoms with van der Waals surface area (Å²) in [4.78, 5) is 11.2. The molecular weight excluding hydrogens is 517 g/mol. The Labute approximate surface area is 189 Å². The number of hydrogen-bond donors (Lipinski definition) is 0. The van der Waals surface area contributed by atoms with Crippen LogP contribution >= 0.6 is 22.6 Å². The topological polar surface area (TPSA) is 104 Å². The molecule has 1 atom stereocenters. The molecule has 1 fully saturated rings. The monoisotopic (exact) mass is 537 g/mol. The number of benzene rings is 2. The van der Waals surface area contributed by atoms with E-state index < -0.39 is 20.4 Å². The molecule has 0 amide bonds. The van der Waals surface area contributed by atoms with Gasteiger partial charge in [-0.3, -0.25) is 10.1 Å². The number of aryl methyl sites for hydroxylation is 1. The second-order valence-corrected chi connectivity index (χ2v) is 10.6. The van der Waals surface area contributed by atoms with Gasteiger partial charge in [0.1, 0.15) is 0 Å². The Morgan fingerprint density at radius 1 is 1.23 bits per heavy atom. The summed E-state index contributed by atoms with van der Waals surface area (Å²) in [5.74, 6) is 0. The Hall–Kier alpha value is -2.29. The minimum absolute atomic E-state index is 0.0301. The molecule has 0 aromatic heterocycles. The fourth-order valence-corrected chi connectivity index (χ4v) is 6.28. The number of nitriles is 1. The average Bonchev–Trinajstić information content (AvgIpc) is 3.05. The molecule has 1 heterocycles. The van der Waals surface area contributed by atoms with Crippen molar-refractivity contribution in [1.29, 1.82) is 5.26 Å². The van der Waals surface area contributed by atoms with Crippen LogP contribution in [-0.2, 0) is 10.0 Å². The highest BCUT2D eigenvalue weighted by Crippen LogP contribution is 2.44. The summed E-state index contributed by atoms with van der Waals surface area (Å²) in [6, 6.07) is 15.5. The van der Waals surface area contributed by atoms with Gasteiger partial charge in [0.25, 0.3) is 0 Å². The van der Waals surface area contributed by atoms with Gasteiger partial charge < -0.3 is 0 Å². The molecule has 1 aliphatic rings. The lowest BCUT2D eigenvalue weighted by atomic mass is 9.84. The van der Waals surface area contributed by atoms with Gasteiger partial charge in [-0.05, 0) is 71.8 Å². The molecule has 30 heavy (non-hydrogen) atoms. The Balaban J connectivity index is 2.06. The maximum absolute atomic E-state index is 13.2. The summed E-state index contributed by atoms with van der Waals surface area (Å²) in [5.41, 5.74) is 2.03. The quantitative estimate of drug-likeness (QED) is 0.326. The van der Waals surface area contributed by atoms with Gasteiger partial charge in [0.05, 0.1) is 21.9 Å². The zero-order valence-electron chi connectivity index (χ0n) is 16.5. The van der Waals surface area contributed by atoms with E-state index >= 15 is 0 Å². The second kappa shape index (κ2) is 8.45. The maximum atomic E-state index is 13.2. The smallest absolute Gasteiger partial charge is 0.243 e. The molecule has 2 aromatic carbocycles. The first-order valence-corrected chi connectivity index (χ1v) is 11.7. The van der Waals surface area contributed by atoms with E-state index in [0.29, 0.717) is 11.1 Å². The fraction of sp³-hybridized carbons (Fsp3) is 0.286. The van der Waals surface area contributed by atoms with Crippen LogP contribution in [0, 0.1) is 33.8 Å². The molecule has 1 aliphatic heterocycles. The van der Waals surface area contributed by atoms with Crippen LogP contribution in [0.25, 0.3) is 3.58 Å². The first-order valence-electron chi connectivity index (χ1n) is 9.15. The molecule has 0 aliphatic carbocycles. The predicted octanol–water partition coefficient (Wildman–Crippen LogP) is 4.00. The Morgan fingerprint density at radius 2 is 1.83 bits per heavy atom. The van der Waals surface area contributed by atoms with Crippen LogP contribution in [-0.4, -0.2) is 37.3 Å².